The summed E-state index contributed by atoms with van der Waals surface area (Å²) < 4.78 is 1.33. The number of halogens is 1. The van der Waals surface area contributed by atoms with Gasteiger partial charge in [-0.05, 0) is 44.0 Å². The van der Waals surface area contributed by atoms with Crippen molar-refractivity contribution < 1.29 is 9.90 Å². The minimum absolute atomic E-state index is 0.126. The fourth-order valence-electron chi connectivity index (χ4n) is 2.30. The van der Waals surface area contributed by atoms with Crippen LogP contribution in [0.2, 0.25) is 5.02 Å². The Morgan fingerprint density at radius 3 is 2.40 bits per heavy atom. The molecule has 20 heavy (non-hydrogen) atoms. The predicted molar refractivity (Wildman–Crippen MR) is 78.2 cm³/mol. The van der Waals surface area contributed by atoms with Gasteiger partial charge in [0.15, 0.2) is 0 Å². The van der Waals surface area contributed by atoms with Gasteiger partial charge in [0.25, 0.3) is 5.56 Å². The Kier molecular flexibility index (Phi) is 3.68. The molecule has 2 rings (SSSR count). The molecule has 0 aliphatic carbocycles. The molecule has 0 aliphatic rings. The first-order chi connectivity index (χ1) is 9.32. The SMILES string of the molecule is Cc1ccc(-n2c(C)c(C(=O)O)c(C)cc2=O)c(Cl)c1. The van der Waals surface area contributed by atoms with Gasteiger partial charge in [-0.15, -0.1) is 0 Å². The molecule has 0 atom stereocenters. The standard InChI is InChI=1S/C15H14ClNO3/c1-8-4-5-12(11(16)6-8)17-10(3)14(15(19)20)9(2)7-13(17)18/h4-7H,1-3H3,(H,19,20). The van der Waals surface area contributed by atoms with Crippen molar-refractivity contribution in [1.29, 1.82) is 0 Å². The van der Waals surface area contributed by atoms with Gasteiger partial charge in [-0.1, -0.05) is 17.7 Å². The molecule has 2 aromatic rings. The van der Waals surface area contributed by atoms with Crippen LogP contribution in [0, 0.1) is 20.8 Å². The number of carbonyl (C=O) groups is 1. The third-order valence-electron chi connectivity index (χ3n) is 3.21. The first kappa shape index (κ1) is 14.3. The average Bonchev–Trinajstić information content (AvgIpc) is 2.30. The fourth-order valence-corrected chi connectivity index (χ4v) is 2.62. The molecule has 1 aromatic carbocycles. The smallest absolute Gasteiger partial charge is 0.337 e. The molecule has 0 aliphatic heterocycles. The van der Waals surface area contributed by atoms with Crippen LogP contribution in [-0.2, 0) is 0 Å². The highest BCUT2D eigenvalue weighted by Gasteiger charge is 2.17. The number of aryl methyl sites for hydroxylation is 2. The van der Waals surface area contributed by atoms with Crippen LogP contribution in [0.3, 0.4) is 0 Å². The first-order valence-corrected chi connectivity index (χ1v) is 6.44. The average molecular weight is 292 g/mol. The monoisotopic (exact) mass is 291 g/mol. The van der Waals surface area contributed by atoms with E-state index in [0.29, 0.717) is 22.0 Å². The maximum Gasteiger partial charge on any atom is 0.337 e. The number of aromatic carboxylic acids is 1. The van der Waals surface area contributed by atoms with Crippen molar-refractivity contribution in [2.24, 2.45) is 0 Å². The Balaban J connectivity index is 2.84. The van der Waals surface area contributed by atoms with Gasteiger partial charge in [0.05, 0.1) is 16.3 Å². The molecule has 0 fully saturated rings. The van der Waals surface area contributed by atoms with E-state index >= 15 is 0 Å². The van der Waals surface area contributed by atoms with Gasteiger partial charge in [-0.3, -0.25) is 9.36 Å². The van der Waals surface area contributed by atoms with Crippen LogP contribution in [0.4, 0.5) is 0 Å². The molecule has 0 saturated carbocycles. The van der Waals surface area contributed by atoms with Crippen LogP contribution >= 0.6 is 11.6 Å². The Hall–Kier alpha value is -2.07. The molecule has 0 unspecified atom stereocenters. The van der Waals surface area contributed by atoms with E-state index in [1.54, 1.807) is 26.0 Å². The van der Waals surface area contributed by atoms with Gasteiger partial charge in [0.1, 0.15) is 0 Å². The lowest BCUT2D eigenvalue weighted by Gasteiger charge is -2.15. The van der Waals surface area contributed by atoms with Gasteiger partial charge < -0.3 is 5.11 Å². The molecule has 5 heteroatoms. The summed E-state index contributed by atoms with van der Waals surface area (Å²) in [4.78, 5) is 23.5. The first-order valence-electron chi connectivity index (χ1n) is 6.06. The zero-order chi connectivity index (χ0) is 15.0. The van der Waals surface area contributed by atoms with Crippen molar-refractivity contribution >= 4 is 17.6 Å². The summed E-state index contributed by atoms with van der Waals surface area (Å²) >= 11 is 6.17. The number of hydrogen-bond acceptors (Lipinski definition) is 2. The number of benzene rings is 1. The normalized spacial score (nSPS) is 10.6. The molecular formula is C15H14ClNO3. The molecule has 0 amide bonds. The van der Waals surface area contributed by atoms with Crippen LogP contribution in [-0.4, -0.2) is 15.6 Å². The molecular weight excluding hydrogens is 278 g/mol. The highest BCUT2D eigenvalue weighted by molar-refractivity contribution is 6.32. The minimum atomic E-state index is -1.06. The number of pyridine rings is 1. The summed E-state index contributed by atoms with van der Waals surface area (Å²) in [7, 11) is 0. The lowest BCUT2D eigenvalue weighted by atomic mass is 10.1. The molecule has 1 heterocycles. The van der Waals surface area contributed by atoms with Crippen molar-refractivity contribution in [3.05, 3.63) is 62.0 Å². The molecule has 0 radical (unpaired) electrons. The summed E-state index contributed by atoms with van der Waals surface area (Å²) in [6.45, 7) is 5.11. The molecule has 1 N–H and O–H groups in total. The maximum absolute atomic E-state index is 12.2. The maximum atomic E-state index is 12.2. The Bertz CT molecular complexity index is 762. The van der Waals surface area contributed by atoms with Crippen LogP contribution < -0.4 is 5.56 Å². The Labute approximate surface area is 121 Å². The van der Waals surface area contributed by atoms with E-state index < -0.39 is 5.97 Å². The lowest BCUT2D eigenvalue weighted by Crippen LogP contribution is -2.24. The van der Waals surface area contributed by atoms with Crippen LogP contribution in [0.1, 0.15) is 27.2 Å². The third-order valence-corrected chi connectivity index (χ3v) is 3.51. The largest absolute Gasteiger partial charge is 0.478 e. The third kappa shape index (κ3) is 2.34. The number of carboxylic acids is 1. The molecule has 1 aromatic heterocycles. The number of hydrogen-bond donors (Lipinski definition) is 1. The number of nitrogens with zero attached hydrogens (tertiary/aromatic N) is 1. The Morgan fingerprint density at radius 1 is 1.20 bits per heavy atom. The van der Waals surface area contributed by atoms with Gasteiger partial charge in [0.2, 0.25) is 0 Å². The van der Waals surface area contributed by atoms with E-state index in [4.69, 9.17) is 11.6 Å². The van der Waals surface area contributed by atoms with Gasteiger partial charge in [-0.25, -0.2) is 4.79 Å². The zero-order valence-electron chi connectivity index (χ0n) is 11.4. The van der Waals surface area contributed by atoms with E-state index in [1.807, 2.05) is 13.0 Å². The van der Waals surface area contributed by atoms with Crippen molar-refractivity contribution in [2.75, 3.05) is 0 Å². The topological polar surface area (TPSA) is 59.3 Å². The van der Waals surface area contributed by atoms with E-state index in [1.165, 1.54) is 10.6 Å². The molecule has 0 bridgehead atoms. The second-order valence-electron chi connectivity index (χ2n) is 4.72. The summed E-state index contributed by atoms with van der Waals surface area (Å²) in [5.41, 5.74) is 2.10. The zero-order valence-corrected chi connectivity index (χ0v) is 12.2. The predicted octanol–water partition coefficient (Wildman–Crippen LogP) is 3.11. The van der Waals surface area contributed by atoms with Gasteiger partial charge in [0, 0.05) is 11.8 Å². The van der Waals surface area contributed by atoms with E-state index in [9.17, 15) is 14.7 Å². The van der Waals surface area contributed by atoms with E-state index in [0.717, 1.165) is 5.56 Å². The molecule has 0 saturated heterocycles. The number of carboxylic acid groups (broad SMARTS) is 1. The highest BCUT2D eigenvalue weighted by Crippen LogP contribution is 2.23. The van der Waals surface area contributed by atoms with Crippen LogP contribution in [0.15, 0.2) is 29.1 Å². The van der Waals surface area contributed by atoms with Crippen molar-refractivity contribution in [2.45, 2.75) is 20.8 Å². The van der Waals surface area contributed by atoms with Gasteiger partial charge >= 0.3 is 5.97 Å². The molecule has 104 valence electrons. The summed E-state index contributed by atoms with van der Waals surface area (Å²) in [6, 6.07) is 6.59. The quantitative estimate of drug-likeness (QED) is 0.925. The summed E-state index contributed by atoms with van der Waals surface area (Å²) in [6.07, 6.45) is 0. The second-order valence-corrected chi connectivity index (χ2v) is 5.13. The highest BCUT2D eigenvalue weighted by atomic mass is 35.5. The summed E-state index contributed by atoms with van der Waals surface area (Å²) in [5, 5.41) is 9.69. The fraction of sp³-hybridized carbons (Fsp3) is 0.200. The van der Waals surface area contributed by atoms with Crippen molar-refractivity contribution in [1.82, 2.24) is 4.57 Å². The van der Waals surface area contributed by atoms with E-state index in [-0.39, 0.29) is 11.1 Å². The summed E-state index contributed by atoms with van der Waals surface area (Å²) in [5.74, 6) is -1.06. The number of rotatable bonds is 2. The van der Waals surface area contributed by atoms with Crippen LogP contribution in [0.5, 0.6) is 0 Å². The van der Waals surface area contributed by atoms with Crippen LogP contribution in [0.25, 0.3) is 5.69 Å². The van der Waals surface area contributed by atoms with E-state index in [2.05, 4.69) is 0 Å². The second kappa shape index (κ2) is 5.13. The van der Waals surface area contributed by atoms with Gasteiger partial charge in [-0.2, -0.15) is 0 Å². The molecule has 4 nitrogen and oxygen atoms in total. The minimum Gasteiger partial charge on any atom is -0.478 e. The van der Waals surface area contributed by atoms with Crippen molar-refractivity contribution in [3.8, 4) is 5.69 Å². The Morgan fingerprint density at radius 2 is 1.85 bits per heavy atom. The van der Waals surface area contributed by atoms with Crippen molar-refractivity contribution in [3.63, 3.8) is 0 Å². The number of aromatic nitrogens is 1. The molecule has 0 spiro atoms. The lowest BCUT2D eigenvalue weighted by molar-refractivity contribution is 0.0694.